The molecule has 0 saturated heterocycles. The molecule has 1 aromatic rings. The van der Waals surface area contributed by atoms with Gasteiger partial charge in [-0.15, -0.1) is 0 Å². The van der Waals surface area contributed by atoms with Crippen LogP contribution in [-0.2, 0) is 6.54 Å². The van der Waals surface area contributed by atoms with Gasteiger partial charge in [0.05, 0.1) is 0 Å². The standard InChI is InChI=1S/C15H26N2/c1-12(2)9-15(3,4)11-17-10-13-6-5-7-14(16)8-13/h5-8,12,17H,9-11,16H2,1-4H3. The van der Waals surface area contributed by atoms with E-state index in [1.165, 1.54) is 12.0 Å². The van der Waals surface area contributed by atoms with Crippen LogP contribution in [0.1, 0.15) is 39.7 Å². The topological polar surface area (TPSA) is 38.0 Å². The van der Waals surface area contributed by atoms with E-state index >= 15 is 0 Å². The molecule has 0 bridgehead atoms. The summed E-state index contributed by atoms with van der Waals surface area (Å²) in [5.74, 6) is 0.749. The quantitative estimate of drug-likeness (QED) is 0.740. The van der Waals surface area contributed by atoms with Crippen LogP contribution in [0.15, 0.2) is 24.3 Å². The predicted octanol–water partition coefficient (Wildman–Crippen LogP) is 3.43. The van der Waals surface area contributed by atoms with E-state index < -0.39 is 0 Å². The highest BCUT2D eigenvalue weighted by Crippen LogP contribution is 2.24. The van der Waals surface area contributed by atoms with Crippen molar-refractivity contribution in [2.24, 2.45) is 11.3 Å². The molecule has 0 atom stereocenters. The van der Waals surface area contributed by atoms with Gasteiger partial charge in [0.2, 0.25) is 0 Å². The molecule has 1 aromatic carbocycles. The minimum Gasteiger partial charge on any atom is -0.399 e. The number of hydrogen-bond acceptors (Lipinski definition) is 2. The number of hydrogen-bond donors (Lipinski definition) is 2. The van der Waals surface area contributed by atoms with Gasteiger partial charge in [-0.25, -0.2) is 0 Å². The third-order valence-electron chi connectivity index (χ3n) is 2.84. The van der Waals surface area contributed by atoms with Crippen molar-refractivity contribution in [1.29, 1.82) is 0 Å². The van der Waals surface area contributed by atoms with Gasteiger partial charge in [0.25, 0.3) is 0 Å². The fourth-order valence-corrected chi connectivity index (χ4v) is 2.43. The van der Waals surface area contributed by atoms with Gasteiger partial charge in [-0.3, -0.25) is 0 Å². The van der Waals surface area contributed by atoms with Crippen molar-refractivity contribution in [2.45, 2.75) is 40.7 Å². The molecular formula is C15H26N2. The lowest BCUT2D eigenvalue weighted by molar-refractivity contribution is 0.273. The van der Waals surface area contributed by atoms with Crippen LogP contribution in [0.3, 0.4) is 0 Å². The summed E-state index contributed by atoms with van der Waals surface area (Å²) >= 11 is 0. The minimum atomic E-state index is 0.356. The Morgan fingerprint density at radius 3 is 2.59 bits per heavy atom. The molecule has 3 N–H and O–H groups in total. The summed E-state index contributed by atoms with van der Waals surface area (Å²) in [6.45, 7) is 11.1. The first-order valence-electron chi connectivity index (χ1n) is 6.44. The van der Waals surface area contributed by atoms with Gasteiger partial charge >= 0.3 is 0 Å². The summed E-state index contributed by atoms with van der Waals surface area (Å²) in [6, 6.07) is 8.07. The second kappa shape index (κ2) is 6.06. The van der Waals surface area contributed by atoms with Gasteiger partial charge in [-0.1, -0.05) is 39.8 Å². The van der Waals surface area contributed by atoms with Gasteiger partial charge in [0.15, 0.2) is 0 Å². The molecule has 0 aliphatic carbocycles. The molecule has 1 rings (SSSR count). The highest BCUT2D eigenvalue weighted by molar-refractivity contribution is 5.40. The van der Waals surface area contributed by atoms with Crippen LogP contribution in [0.25, 0.3) is 0 Å². The molecule has 2 heteroatoms. The molecule has 2 nitrogen and oxygen atoms in total. The Morgan fingerprint density at radius 1 is 1.29 bits per heavy atom. The van der Waals surface area contributed by atoms with E-state index in [2.05, 4.69) is 39.1 Å². The lowest BCUT2D eigenvalue weighted by Crippen LogP contribution is -2.30. The smallest absolute Gasteiger partial charge is 0.0317 e. The average molecular weight is 234 g/mol. The molecule has 0 aliphatic rings. The molecule has 0 aromatic heterocycles. The van der Waals surface area contributed by atoms with Crippen molar-refractivity contribution in [2.75, 3.05) is 12.3 Å². The second-order valence-corrected chi connectivity index (χ2v) is 6.11. The zero-order chi connectivity index (χ0) is 12.9. The zero-order valence-corrected chi connectivity index (χ0v) is 11.6. The van der Waals surface area contributed by atoms with Crippen molar-refractivity contribution in [1.82, 2.24) is 5.32 Å². The summed E-state index contributed by atoms with van der Waals surface area (Å²) in [7, 11) is 0. The second-order valence-electron chi connectivity index (χ2n) is 6.11. The summed E-state index contributed by atoms with van der Waals surface area (Å²) < 4.78 is 0. The van der Waals surface area contributed by atoms with Crippen molar-refractivity contribution >= 4 is 5.69 Å². The van der Waals surface area contributed by atoms with E-state index in [-0.39, 0.29) is 0 Å². The van der Waals surface area contributed by atoms with Crippen LogP contribution in [0.4, 0.5) is 5.69 Å². The molecule has 0 amide bonds. The first-order chi connectivity index (χ1) is 7.89. The van der Waals surface area contributed by atoms with Crippen LogP contribution in [-0.4, -0.2) is 6.54 Å². The first kappa shape index (κ1) is 14.0. The maximum absolute atomic E-state index is 5.75. The van der Waals surface area contributed by atoms with E-state index in [4.69, 9.17) is 5.73 Å². The molecule has 0 spiro atoms. The van der Waals surface area contributed by atoms with E-state index in [1.807, 2.05) is 18.2 Å². The zero-order valence-electron chi connectivity index (χ0n) is 11.6. The van der Waals surface area contributed by atoms with Crippen LogP contribution < -0.4 is 11.1 Å². The number of anilines is 1. The minimum absolute atomic E-state index is 0.356. The maximum Gasteiger partial charge on any atom is 0.0317 e. The van der Waals surface area contributed by atoms with Gasteiger partial charge in [-0.05, 0) is 35.4 Å². The molecule has 0 unspecified atom stereocenters. The fraction of sp³-hybridized carbons (Fsp3) is 0.600. The molecule has 17 heavy (non-hydrogen) atoms. The predicted molar refractivity (Wildman–Crippen MR) is 75.8 cm³/mol. The third-order valence-corrected chi connectivity index (χ3v) is 2.84. The summed E-state index contributed by atoms with van der Waals surface area (Å²) in [4.78, 5) is 0. The van der Waals surface area contributed by atoms with Gasteiger partial charge in [0, 0.05) is 18.8 Å². The van der Waals surface area contributed by atoms with E-state index in [1.54, 1.807) is 0 Å². The fourth-order valence-electron chi connectivity index (χ4n) is 2.43. The Kier molecular flexibility index (Phi) is 5.01. The lowest BCUT2D eigenvalue weighted by atomic mass is 9.84. The monoisotopic (exact) mass is 234 g/mol. The van der Waals surface area contributed by atoms with Crippen LogP contribution >= 0.6 is 0 Å². The van der Waals surface area contributed by atoms with Gasteiger partial charge < -0.3 is 11.1 Å². The molecule has 0 saturated carbocycles. The Morgan fingerprint density at radius 2 is 2.00 bits per heavy atom. The van der Waals surface area contributed by atoms with E-state index in [9.17, 15) is 0 Å². The Balaban J connectivity index is 2.37. The summed E-state index contributed by atoms with van der Waals surface area (Å²) in [5, 5.41) is 3.52. The van der Waals surface area contributed by atoms with Crippen molar-refractivity contribution in [3.63, 3.8) is 0 Å². The Hall–Kier alpha value is -1.02. The maximum atomic E-state index is 5.75. The molecule has 0 radical (unpaired) electrons. The Bertz CT molecular complexity index is 343. The number of rotatable bonds is 6. The SMILES string of the molecule is CC(C)CC(C)(C)CNCc1cccc(N)c1. The molecule has 0 aliphatic heterocycles. The van der Waals surface area contributed by atoms with Crippen molar-refractivity contribution in [3.8, 4) is 0 Å². The summed E-state index contributed by atoms with van der Waals surface area (Å²) in [5.41, 5.74) is 8.20. The largest absolute Gasteiger partial charge is 0.399 e. The highest BCUT2D eigenvalue weighted by Gasteiger charge is 2.18. The summed E-state index contributed by atoms with van der Waals surface area (Å²) in [6.07, 6.45) is 1.25. The lowest BCUT2D eigenvalue weighted by Gasteiger charge is -2.27. The van der Waals surface area contributed by atoms with Gasteiger partial charge in [-0.2, -0.15) is 0 Å². The number of nitrogens with one attached hydrogen (secondary N) is 1. The van der Waals surface area contributed by atoms with E-state index in [0.717, 1.165) is 24.7 Å². The van der Waals surface area contributed by atoms with Crippen molar-refractivity contribution < 1.29 is 0 Å². The van der Waals surface area contributed by atoms with Crippen LogP contribution in [0.5, 0.6) is 0 Å². The first-order valence-corrected chi connectivity index (χ1v) is 6.44. The van der Waals surface area contributed by atoms with Gasteiger partial charge in [0.1, 0.15) is 0 Å². The normalized spacial score (nSPS) is 12.1. The van der Waals surface area contributed by atoms with Crippen LogP contribution in [0, 0.1) is 11.3 Å². The van der Waals surface area contributed by atoms with E-state index in [0.29, 0.717) is 5.41 Å². The average Bonchev–Trinajstić information content (AvgIpc) is 2.15. The highest BCUT2D eigenvalue weighted by atomic mass is 14.9. The number of nitrogen functional groups attached to an aromatic ring is 1. The van der Waals surface area contributed by atoms with Crippen LogP contribution in [0.2, 0.25) is 0 Å². The number of benzene rings is 1. The number of nitrogens with two attached hydrogens (primary N) is 1. The Labute approximate surface area is 106 Å². The third kappa shape index (κ3) is 5.73. The molecule has 0 heterocycles. The van der Waals surface area contributed by atoms with Crippen molar-refractivity contribution in [3.05, 3.63) is 29.8 Å². The molecule has 96 valence electrons. The molecular weight excluding hydrogens is 208 g/mol. The molecule has 0 fully saturated rings.